The maximum atomic E-state index is 12.0. The van der Waals surface area contributed by atoms with Crippen molar-refractivity contribution in [2.45, 2.75) is 6.42 Å². The number of rotatable bonds is 5. The zero-order valence-electron chi connectivity index (χ0n) is 11.6. The number of phenolic OH excluding ortho intramolecular Hbond substituents is 1. The number of nitrogens with one attached hydrogen (secondary N) is 1. The van der Waals surface area contributed by atoms with E-state index < -0.39 is 0 Å². The van der Waals surface area contributed by atoms with Crippen molar-refractivity contribution in [2.24, 2.45) is 0 Å². The Labute approximate surface area is 128 Å². The molecule has 2 aromatic rings. The fourth-order valence-corrected chi connectivity index (χ4v) is 2.03. The van der Waals surface area contributed by atoms with Crippen molar-refractivity contribution < 1.29 is 14.6 Å². The van der Waals surface area contributed by atoms with Crippen LogP contribution in [-0.2, 0) is 6.42 Å². The fraction of sp³-hybridized carbons (Fsp3) is 0.188. The van der Waals surface area contributed by atoms with Crippen LogP contribution in [0.5, 0.6) is 11.5 Å². The molecule has 0 saturated heterocycles. The lowest BCUT2D eigenvalue weighted by molar-refractivity contribution is 0.0953. The van der Waals surface area contributed by atoms with Crippen molar-refractivity contribution in [1.82, 2.24) is 5.32 Å². The van der Waals surface area contributed by atoms with Crippen LogP contribution in [0.15, 0.2) is 42.5 Å². The molecule has 0 spiro atoms. The first kappa shape index (κ1) is 15.2. The van der Waals surface area contributed by atoms with Crippen molar-refractivity contribution >= 4 is 17.5 Å². The number of carbonyl (C=O) groups excluding carboxylic acids is 1. The van der Waals surface area contributed by atoms with Crippen LogP contribution < -0.4 is 10.1 Å². The minimum atomic E-state index is -0.234. The van der Waals surface area contributed by atoms with Gasteiger partial charge in [0.1, 0.15) is 0 Å². The van der Waals surface area contributed by atoms with Gasteiger partial charge in [0.05, 0.1) is 7.11 Å². The lowest BCUT2D eigenvalue weighted by Gasteiger charge is -2.08. The Bertz CT molecular complexity index is 626. The summed E-state index contributed by atoms with van der Waals surface area (Å²) in [6, 6.07) is 12.0. The lowest BCUT2D eigenvalue weighted by atomic mass is 10.1. The minimum absolute atomic E-state index is 0.0529. The van der Waals surface area contributed by atoms with Crippen LogP contribution in [-0.4, -0.2) is 24.7 Å². The number of hydrogen-bond donors (Lipinski definition) is 2. The molecule has 0 radical (unpaired) electrons. The highest BCUT2D eigenvalue weighted by atomic mass is 35.5. The van der Waals surface area contributed by atoms with E-state index in [0.29, 0.717) is 29.3 Å². The van der Waals surface area contributed by atoms with Crippen LogP contribution in [0.25, 0.3) is 0 Å². The van der Waals surface area contributed by atoms with Crippen molar-refractivity contribution in [3.63, 3.8) is 0 Å². The second-order valence-electron chi connectivity index (χ2n) is 4.52. The summed E-state index contributed by atoms with van der Waals surface area (Å²) < 4.78 is 4.94. The number of amides is 1. The first-order valence-corrected chi connectivity index (χ1v) is 6.87. The molecule has 5 heteroatoms. The average molecular weight is 306 g/mol. The highest BCUT2D eigenvalue weighted by Crippen LogP contribution is 2.26. The van der Waals surface area contributed by atoms with E-state index in [1.165, 1.54) is 13.2 Å². The van der Waals surface area contributed by atoms with Gasteiger partial charge < -0.3 is 15.2 Å². The van der Waals surface area contributed by atoms with Crippen LogP contribution in [0, 0.1) is 0 Å². The zero-order valence-corrected chi connectivity index (χ0v) is 12.4. The molecule has 0 aromatic heterocycles. The van der Waals surface area contributed by atoms with E-state index in [0.717, 1.165) is 5.56 Å². The second kappa shape index (κ2) is 6.99. The predicted octanol–water partition coefficient (Wildman–Crippen LogP) is 3.03. The Hall–Kier alpha value is -2.20. The molecular weight excluding hydrogens is 290 g/mol. The highest BCUT2D eigenvalue weighted by molar-refractivity contribution is 6.30. The summed E-state index contributed by atoms with van der Waals surface area (Å²) in [6.45, 7) is 0.507. The van der Waals surface area contributed by atoms with Crippen LogP contribution in [0.3, 0.4) is 0 Å². The number of hydrogen-bond acceptors (Lipinski definition) is 3. The Kier molecular flexibility index (Phi) is 5.06. The third-order valence-corrected chi connectivity index (χ3v) is 3.31. The summed E-state index contributed by atoms with van der Waals surface area (Å²) in [5.74, 6) is 0.0532. The molecule has 0 heterocycles. The molecular formula is C16H16ClNO3. The molecule has 2 rings (SSSR count). The first-order valence-electron chi connectivity index (χ1n) is 6.50. The van der Waals surface area contributed by atoms with Crippen LogP contribution in [0.4, 0.5) is 0 Å². The van der Waals surface area contributed by atoms with Gasteiger partial charge in [0.2, 0.25) is 0 Å². The number of phenols is 1. The van der Waals surface area contributed by atoms with Gasteiger partial charge in [-0.3, -0.25) is 4.79 Å². The number of halogens is 1. The number of benzene rings is 2. The van der Waals surface area contributed by atoms with Crippen molar-refractivity contribution in [3.8, 4) is 11.5 Å². The first-order chi connectivity index (χ1) is 10.1. The molecule has 0 aliphatic carbocycles. The summed E-state index contributed by atoms with van der Waals surface area (Å²) in [6.07, 6.45) is 0.713. The van der Waals surface area contributed by atoms with Gasteiger partial charge in [-0.25, -0.2) is 0 Å². The molecule has 4 nitrogen and oxygen atoms in total. The van der Waals surface area contributed by atoms with Crippen molar-refractivity contribution in [3.05, 3.63) is 58.6 Å². The minimum Gasteiger partial charge on any atom is -0.504 e. The largest absolute Gasteiger partial charge is 0.504 e. The van der Waals surface area contributed by atoms with Gasteiger partial charge in [-0.1, -0.05) is 23.7 Å². The van der Waals surface area contributed by atoms with Crippen molar-refractivity contribution in [1.29, 1.82) is 0 Å². The molecule has 0 fully saturated rings. The molecule has 1 amide bonds. The summed E-state index contributed by atoms with van der Waals surface area (Å²) >= 11 is 5.81. The summed E-state index contributed by atoms with van der Waals surface area (Å²) in [5, 5.41) is 13.1. The van der Waals surface area contributed by atoms with Gasteiger partial charge >= 0.3 is 0 Å². The standard InChI is InChI=1S/C16H16ClNO3/c1-21-15-7-4-12(10-14(15)19)16(20)18-9-8-11-2-5-13(17)6-3-11/h2-7,10,19H,8-9H2,1H3,(H,18,20). The van der Waals surface area contributed by atoms with E-state index in [1.54, 1.807) is 12.1 Å². The van der Waals surface area contributed by atoms with E-state index >= 15 is 0 Å². The summed E-state index contributed by atoms with van der Waals surface area (Å²) in [4.78, 5) is 12.0. The summed E-state index contributed by atoms with van der Waals surface area (Å²) in [5.41, 5.74) is 1.49. The van der Waals surface area contributed by atoms with Crippen LogP contribution in [0.1, 0.15) is 15.9 Å². The molecule has 0 bridgehead atoms. The molecule has 0 atom stereocenters. The molecule has 0 aliphatic heterocycles. The van der Waals surface area contributed by atoms with Crippen LogP contribution >= 0.6 is 11.6 Å². The highest BCUT2D eigenvalue weighted by Gasteiger charge is 2.09. The van der Waals surface area contributed by atoms with Gasteiger partial charge in [-0.05, 0) is 42.3 Å². The second-order valence-corrected chi connectivity index (χ2v) is 4.96. The SMILES string of the molecule is COc1ccc(C(=O)NCCc2ccc(Cl)cc2)cc1O. The Morgan fingerprint density at radius 1 is 1.24 bits per heavy atom. The zero-order chi connectivity index (χ0) is 15.2. The van der Waals surface area contributed by atoms with E-state index in [-0.39, 0.29) is 11.7 Å². The number of methoxy groups -OCH3 is 1. The maximum absolute atomic E-state index is 12.0. The number of ether oxygens (including phenoxy) is 1. The Morgan fingerprint density at radius 2 is 1.95 bits per heavy atom. The average Bonchev–Trinajstić information content (AvgIpc) is 2.49. The van der Waals surface area contributed by atoms with E-state index in [9.17, 15) is 9.90 Å². The maximum Gasteiger partial charge on any atom is 0.251 e. The number of aromatic hydroxyl groups is 1. The summed E-state index contributed by atoms with van der Waals surface area (Å²) in [7, 11) is 1.46. The quantitative estimate of drug-likeness (QED) is 0.892. The predicted molar refractivity (Wildman–Crippen MR) is 82.1 cm³/mol. The Balaban J connectivity index is 1.89. The van der Waals surface area contributed by atoms with Gasteiger partial charge in [-0.2, -0.15) is 0 Å². The monoisotopic (exact) mass is 305 g/mol. The van der Waals surface area contributed by atoms with E-state index in [1.807, 2.05) is 24.3 Å². The smallest absolute Gasteiger partial charge is 0.251 e. The molecule has 0 aliphatic rings. The van der Waals surface area contributed by atoms with Crippen molar-refractivity contribution in [2.75, 3.05) is 13.7 Å². The third-order valence-electron chi connectivity index (χ3n) is 3.05. The fourth-order valence-electron chi connectivity index (χ4n) is 1.90. The van der Waals surface area contributed by atoms with Gasteiger partial charge in [0.15, 0.2) is 11.5 Å². The molecule has 110 valence electrons. The van der Waals surface area contributed by atoms with Gasteiger partial charge in [0.25, 0.3) is 5.91 Å². The Morgan fingerprint density at radius 3 is 2.57 bits per heavy atom. The molecule has 0 unspecified atom stereocenters. The molecule has 0 saturated carbocycles. The van der Waals surface area contributed by atoms with E-state index in [4.69, 9.17) is 16.3 Å². The lowest BCUT2D eigenvalue weighted by Crippen LogP contribution is -2.25. The van der Waals surface area contributed by atoms with E-state index in [2.05, 4.69) is 5.32 Å². The molecule has 2 N–H and O–H groups in total. The normalized spacial score (nSPS) is 10.2. The number of carbonyl (C=O) groups is 1. The van der Waals surface area contributed by atoms with Gasteiger partial charge in [0, 0.05) is 17.1 Å². The topological polar surface area (TPSA) is 58.6 Å². The van der Waals surface area contributed by atoms with Gasteiger partial charge in [-0.15, -0.1) is 0 Å². The third kappa shape index (κ3) is 4.13. The molecule has 21 heavy (non-hydrogen) atoms. The molecule has 2 aromatic carbocycles. The van der Waals surface area contributed by atoms with Crippen LogP contribution in [0.2, 0.25) is 5.02 Å².